The first kappa shape index (κ1) is 18.9. The average Bonchev–Trinajstić information content (AvgIpc) is 2.62. The van der Waals surface area contributed by atoms with Crippen molar-refractivity contribution in [1.29, 1.82) is 0 Å². The van der Waals surface area contributed by atoms with Gasteiger partial charge in [0.25, 0.3) is 5.69 Å². The molecule has 28 heavy (non-hydrogen) atoms. The molecule has 3 rings (SSSR count). The van der Waals surface area contributed by atoms with Gasteiger partial charge >= 0.3 is 6.16 Å². The fourth-order valence-electron chi connectivity index (χ4n) is 2.98. The third-order valence-electron chi connectivity index (χ3n) is 4.09. The second kappa shape index (κ2) is 7.39. The lowest BCUT2D eigenvalue weighted by atomic mass is 9.86. The molecule has 5 N–H and O–H groups in total. The zero-order valence-corrected chi connectivity index (χ0v) is 15.1. The summed E-state index contributed by atoms with van der Waals surface area (Å²) >= 11 is 0. The van der Waals surface area contributed by atoms with Gasteiger partial charge in [0.1, 0.15) is 17.4 Å². The van der Waals surface area contributed by atoms with Crippen molar-refractivity contribution in [3.63, 3.8) is 0 Å². The van der Waals surface area contributed by atoms with Crippen molar-refractivity contribution >= 4 is 29.4 Å². The number of hydrogen-bond acceptors (Lipinski definition) is 10. The first-order valence-electron chi connectivity index (χ1n) is 8.31. The summed E-state index contributed by atoms with van der Waals surface area (Å²) in [6.07, 6.45) is -0.910. The monoisotopic (exact) mass is 386 g/mol. The number of nitrogen functional groups attached to an aromatic ring is 2. The maximum atomic E-state index is 12.0. The molecule has 1 aliphatic rings. The lowest BCUT2D eigenvalue weighted by Crippen LogP contribution is -2.25. The number of nitro groups is 1. The standard InChI is InChI=1S/C17H18N6O5/c1-3-27-17(24)28-13-8(2)20-15-12(14(18)21-16(19)22-15)11(13)9-5-4-6-10(7-9)23(25)26/h4-7,11H,3H2,1-2H3,(H5,18,19,20,21,22). The predicted octanol–water partition coefficient (Wildman–Crippen LogP) is 2.51. The quantitative estimate of drug-likeness (QED) is 0.403. The number of ether oxygens (including phenoxy) is 2. The first-order valence-corrected chi connectivity index (χ1v) is 8.31. The van der Waals surface area contributed by atoms with Crippen LogP contribution < -0.4 is 16.8 Å². The number of aromatic nitrogens is 2. The number of non-ortho nitro benzene ring substituents is 1. The second-order valence-electron chi connectivity index (χ2n) is 5.91. The summed E-state index contributed by atoms with van der Waals surface area (Å²) in [5.41, 5.74) is 12.9. The number of hydrogen-bond donors (Lipinski definition) is 3. The van der Waals surface area contributed by atoms with Gasteiger partial charge in [0, 0.05) is 12.1 Å². The summed E-state index contributed by atoms with van der Waals surface area (Å²) in [6, 6.07) is 5.92. The largest absolute Gasteiger partial charge is 0.513 e. The molecule has 0 saturated heterocycles. The second-order valence-corrected chi connectivity index (χ2v) is 5.91. The lowest BCUT2D eigenvalue weighted by molar-refractivity contribution is -0.384. The molecule has 11 nitrogen and oxygen atoms in total. The number of nitrogens with zero attached hydrogens (tertiary/aromatic N) is 3. The van der Waals surface area contributed by atoms with Crippen LogP contribution in [0.1, 0.15) is 30.9 Å². The van der Waals surface area contributed by atoms with Gasteiger partial charge in [0.15, 0.2) is 0 Å². The van der Waals surface area contributed by atoms with Crippen LogP contribution in [0.5, 0.6) is 0 Å². The normalized spacial score (nSPS) is 15.4. The number of benzene rings is 1. The van der Waals surface area contributed by atoms with Crippen LogP contribution in [0.2, 0.25) is 0 Å². The van der Waals surface area contributed by atoms with E-state index in [-0.39, 0.29) is 29.8 Å². The third-order valence-corrected chi connectivity index (χ3v) is 4.09. The van der Waals surface area contributed by atoms with E-state index in [9.17, 15) is 14.9 Å². The van der Waals surface area contributed by atoms with Crippen LogP contribution >= 0.6 is 0 Å². The Morgan fingerprint density at radius 2 is 2.11 bits per heavy atom. The zero-order valence-electron chi connectivity index (χ0n) is 15.1. The molecule has 0 spiro atoms. The Kier molecular flexibility index (Phi) is 4.98. The van der Waals surface area contributed by atoms with Crippen molar-refractivity contribution in [2.75, 3.05) is 23.4 Å². The Morgan fingerprint density at radius 1 is 1.36 bits per heavy atom. The molecule has 0 radical (unpaired) electrons. The van der Waals surface area contributed by atoms with Crippen LogP contribution in [0, 0.1) is 10.1 Å². The van der Waals surface area contributed by atoms with E-state index in [1.54, 1.807) is 19.9 Å². The Labute approximate surface area is 159 Å². The minimum absolute atomic E-state index is 0.0379. The van der Waals surface area contributed by atoms with E-state index >= 15 is 0 Å². The topological polar surface area (TPSA) is 169 Å². The van der Waals surface area contributed by atoms with E-state index in [1.165, 1.54) is 18.2 Å². The van der Waals surface area contributed by atoms with E-state index in [0.717, 1.165) is 0 Å². The van der Waals surface area contributed by atoms with Crippen LogP contribution in [-0.2, 0) is 9.47 Å². The summed E-state index contributed by atoms with van der Waals surface area (Å²) in [6.45, 7) is 3.43. The number of allylic oxidation sites excluding steroid dienone is 2. The maximum Gasteiger partial charge on any atom is 0.513 e. The zero-order chi connectivity index (χ0) is 20.4. The molecule has 146 valence electrons. The number of nitro benzene ring substituents is 1. The summed E-state index contributed by atoms with van der Waals surface area (Å²) in [7, 11) is 0. The minimum atomic E-state index is -0.910. The fraction of sp³-hybridized carbons (Fsp3) is 0.235. The van der Waals surface area contributed by atoms with Crippen LogP contribution in [0.15, 0.2) is 35.7 Å². The summed E-state index contributed by atoms with van der Waals surface area (Å²) < 4.78 is 10.3. The van der Waals surface area contributed by atoms with Crippen LogP contribution in [0.4, 0.5) is 28.1 Å². The van der Waals surface area contributed by atoms with Crippen molar-refractivity contribution in [1.82, 2.24) is 9.97 Å². The maximum absolute atomic E-state index is 12.0. The Balaban J connectivity index is 2.19. The van der Waals surface area contributed by atoms with Gasteiger partial charge in [0.05, 0.1) is 28.7 Å². The van der Waals surface area contributed by atoms with Crippen molar-refractivity contribution in [2.24, 2.45) is 0 Å². The van der Waals surface area contributed by atoms with Crippen molar-refractivity contribution in [3.8, 4) is 0 Å². The number of carbonyl (C=O) groups excluding carboxylic acids is 1. The van der Waals surface area contributed by atoms with Gasteiger partial charge in [-0.25, -0.2) is 4.79 Å². The minimum Gasteiger partial charge on any atom is -0.434 e. The van der Waals surface area contributed by atoms with Gasteiger partial charge < -0.3 is 26.3 Å². The summed E-state index contributed by atoms with van der Waals surface area (Å²) in [5.74, 6) is -0.254. The van der Waals surface area contributed by atoms with Crippen molar-refractivity contribution < 1.29 is 19.2 Å². The highest BCUT2D eigenvalue weighted by Gasteiger charge is 2.35. The number of rotatable bonds is 4. The van der Waals surface area contributed by atoms with Crippen LogP contribution in [0.3, 0.4) is 0 Å². The number of nitrogens with one attached hydrogen (secondary N) is 1. The Morgan fingerprint density at radius 3 is 2.79 bits per heavy atom. The molecule has 1 aliphatic heterocycles. The highest BCUT2D eigenvalue weighted by Crippen LogP contribution is 2.44. The highest BCUT2D eigenvalue weighted by atomic mass is 16.7. The van der Waals surface area contributed by atoms with E-state index in [1.807, 2.05) is 0 Å². The molecule has 11 heteroatoms. The fourth-order valence-corrected chi connectivity index (χ4v) is 2.98. The molecule has 2 aromatic rings. The van der Waals surface area contributed by atoms with Gasteiger partial charge in [-0.1, -0.05) is 12.1 Å². The van der Waals surface area contributed by atoms with E-state index in [4.69, 9.17) is 20.9 Å². The van der Waals surface area contributed by atoms with Crippen LogP contribution in [0.25, 0.3) is 0 Å². The van der Waals surface area contributed by atoms with E-state index < -0.39 is 17.0 Å². The van der Waals surface area contributed by atoms with E-state index in [2.05, 4.69) is 15.3 Å². The van der Waals surface area contributed by atoms with E-state index in [0.29, 0.717) is 22.6 Å². The summed E-state index contributed by atoms with van der Waals surface area (Å²) in [4.78, 5) is 30.8. The first-order chi connectivity index (χ1) is 13.3. The van der Waals surface area contributed by atoms with Gasteiger partial charge in [-0.2, -0.15) is 9.97 Å². The molecule has 1 unspecified atom stereocenters. The predicted molar refractivity (Wildman–Crippen MR) is 100 cm³/mol. The Bertz CT molecular complexity index is 990. The van der Waals surface area contributed by atoms with Crippen molar-refractivity contribution in [3.05, 3.63) is 57.0 Å². The molecule has 0 aliphatic carbocycles. The summed E-state index contributed by atoms with van der Waals surface area (Å²) in [5, 5.41) is 14.2. The smallest absolute Gasteiger partial charge is 0.434 e. The number of fused-ring (bicyclic) bond motifs is 1. The highest BCUT2D eigenvalue weighted by molar-refractivity contribution is 5.71. The molecule has 0 amide bonds. The average molecular weight is 386 g/mol. The van der Waals surface area contributed by atoms with Gasteiger partial charge in [-0.05, 0) is 19.4 Å². The molecule has 0 bridgehead atoms. The third kappa shape index (κ3) is 3.49. The molecule has 2 heterocycles. The molecule has 0 fully saturated rings. The number of anilines is 3. The molecular weight excluding hydrogens is 368 g/mol. The number of carbonyl (C=O) groups is 1. The van der Waals surface area contributed by atoms with Gasteiger partial charge in [-0.3, -0.25) is 10.1 Å². The van der Waals surface area contributed by atoms with Crippen LogP contribution in [-0.4, -0.2) is 27.7 Å². The molecular formula is C17H18N6O5. The van der Waals surface area contributed by atoms with Crippen molar-refractivity contribution in [2.45, 2.75) is 19.8 Å². The van der Waals surface area contributed by atoms with Gasteiger partial charge in [0.2, 0.25) is 5.95 Å². The molecule has 1 aromatic carbocycles. The number of nitrogens with two attached hydrogens (primary N) is 2. The van der Waals surface area contributed by atoms with Gasteiger partial charge in [-0.15, -0.1) is 0 Å². The molecule has 1 atom stereocenters. The Hall–Kier alpha value is -3.89. The molecule has 0 saturated carbocycles. The molecule has 1 aromatic heterocycles. The lowest BCUT2D eigenvalue weighted by Gasteiger charge is -2.29. The SMILES string of the molecule is CCOC(=O)OC1=C(C)Nc2nc(N)nc(N)c2C1c1cccc([N+](=O)[O-])c1.